The average Bonchev–Trinajstić information content (AvgIpc) is 2.16. The number of likely N-dealkylation sites (N-methyl/N-ethyl adjacent to an activating group) is 1. The van der Waals surface area contributed by atoms with Gasteiger partial charge in [0.25, 0.3) is 5.91 Å². The van der Waals surface area contributed by atoms with Gasteiger partial charge in [0.05, 0.1) is 0 Å². The number of carbonyl (C=O) groups is 1. The number of nitrogens with zero attached hydrogens (tertiary/aromatic N) is 1. The number of alkyl halides is 1. The molecule has 0 heterocycles. The van der Waals surface area contributed by atoms with Crippen molar-refractivity contribution < 1.29 is 4.79 Å². The first-order chi connectivity index (χ1) is 6.52. The standard InChI is InChI=1S/C9H10Cl2N2O/c1-13(8(11)9(12)14)7-4-2-6(10)3-5-7/h2-5,8H,1H3,(H2,12,14). The second-order valence-electron chi connectivity index (χ2n) is 2.83. The van der Waals surface area contributed by atoms with E-state index >= 15 is 0 Å². The number of primary amides is 1. The van der Waals surface area contributed by atoms with E-state index in [-0.39, 0.29) is 0 Å². The first-order valence-electron chi connectivity index (χ1n) is 3.94. The third-order valence-corrected chi connectivity index (χ3v) is 2.57. The van der Waals surface area contributed by atoms with Gasteiger partial charge in [0.1, 0.15) is 0 Å². The van der Waals surface area contributed by atoms with Crippen LogP contribution in [0.25, 0.3) is 0 Å². The maximum atomic E-state index is 10.8. The predicted octanol–water partition coefficient (Wildman–Crippen LogP) is 1.83. The van der Waals surface area contributed by atoms with Crippen LogP contribution in [0, 0.1) is 0 Å². The largest absolute Gasteiger partial charge is 0.367 e. The van der Waals surface area contributed by atoms with Crippen LogP contribution in [0.5, 0.6) is 0 Å². The van der Waals surface area contributed by atoms with E-state index in [1.54, 1.807) is 36.2 Å². The molecule has 1 rings (SSSR count). The van der Waals surface area contributed by atoms with Crippen LogP contribution in [0.1, 0.15) is 0 Å². The van der Waals surface area contributed by atoms with E-state index in [1.165, 1.54) is 0 Å². The van der Waals surface area contributed by atoms with Crippen molar-refractivity contribution in [2.75, 3.05) is 11.9 Å². The van der Waals surface area contributed by atoms with Crippen molar-refractivity contribution in [1.29, 1.82) is 0 Å². The molecule has 2 N–H and O–H groups in total. The van der Waals surface area contributed by atoms with E-state index < -0.39 is 11.4 Å². The SMILES string of the molecule is CN(c1ccc(Cl)cc1)C(Cl)C(N)=O. The molecule has 0 spiro atoms. The lowest BCUT2D eigenvalue weighted by molar-refractivity contribution is -0.117. The molecular formula is C9H10Cl2N2O. The van der Waals surface area contributed by atoms with Gasteiger partial charge in [-0.3, -0.25) is 4.79 Å². The van der Waals surface area contributed by atoms with E-state index in [9.17, 15) is 4.79 Å². The molecule has 0 aliphatic heterocycles. The number of benzene rings is 1. The maximum absolute atomic E-state index is 10.8. The zero-order chi connectivity index (χ0) is 10.7. The Bertz CT molecular complexity index is 326. The van der Waals surface area contributed by atoms with Crippen molar-refractivity contribution in [3.8, 4) is 0 Å². The van der Waals surface area contributed by atoms with Crippen LogP contribution in [-0.2, 0) is 4.79 Å². The van der Waals surface area contributed by atoms with Gasteiger partial charge in [-0.15, -0.1) is 0 Å². The molecular weight excluding hydrogens is 223 g/mol. The number of hydrogen-bond acceptors (Lipinski definition) is 2. The molecule has 1 atom stereocenters. The summed E-state index contributed by atoms with van der Waals surface area (Å²) in [6.45, 7) is 0. The van der Waals surface area contributed by atoms with E-state index in [2.05, 4.69) is 0 Å². The number of carbonyl (C=O) groups excluding carboxylic acids is 1. The average molecular weight is 233 g/mol. The van der Waals surface area contributed by atoms with Gasteiger partial charge in [0.15, 0.2) is 5.50 Å². The maximum Gasteiger partial charge on any atom is 0.255 e. The molecule has 0 radical (unpaired) electrons. The lowest BCUT2D eigenvalue weighted by Crippen LogP contribution is -2.38. The molecule has 5 heteroatoms. The van der Waals surface area contributed by atoms with Gasteiger partial charge in [0, 0.05) is 17.8 Å². The van der Waals surface area contributed by atoms with Crippen LogP contribution in [0.3, 0.4) is 0 Å². The summed E-state index contributed by atoms with van der Waals surface area (Å²) in [4.78, 5) is 12.4. The lowest BCUT2D eigenvalue weighted by Gasteiger charge is -2.22. The summed E-state index contributed by atoms with van der Waals surface area (Å²) < 4.78 is 0. The summed E-state index contributed by atoms with van der Waals surface area (Å²) in [6, 6.07) is 6.97. The van der Waals surface area contributed by atoms with Crippen LogP contribution in [0.4, 0.5) is 5.69 Å². The Kier molecular flexibility index (Phi) is 3.61. The molecule has 1 aromatic carbocycles. The smallest absolute Gasteiger partial charge is 0.255 e. The number of nitrogens with two attached hydrogens (primary N) is 1. The highest BCUT2D eigenvalue weighted by Crippen LogP contribution is 2.19. The third-order valence-electron chi connectivity index (χ3n) is 1.81. The van der Waals surface area contributed by atoms with Crippen LogP contribution in [-0.4, -0.2) is 18.5 Å². The van der Waals surface area contributed by atoms with E-state index in [1.807, 2.05) is 0 Å². The topological polar surface area (TPSA) is 46.3 Å². The molecule has 1 amide bonds. The Balaban J connectivity index is 2.84. The van der Waals surface area contributed by atoms with E-state index in [4.69, 9.17) is 28.9 Å². The fourth-order valence-electron chi connectivity index (χ4n) is 0.998. The zero-order valence-electron chi connectivity index (χ0n) is 7.58. The summed E-state index contributed by atoms with van der Waals surface area (Å²) in [5.41, 5.74) is 5.00. The number of halogens is 2. The third kappa shape index (κ3) is 2.53. The highest BCUT2D eigenvalue weighted by molar-refractivity contribution is 6.32. The van der Waals surface area contributed by atoms with Crippen molar-refractivity contribution >= 4 is 34.8 Å². The van der Waals surface area contributed by atoms with Crippen LogP contribution >= 0.6 is 23.2 Å². The molecule has 3 nitrogen and oxygen atoms in total. The van der Waals surface area contributed by atoms with Gasteiger partial charge in [-0.2, -0.15) is 0 Å². The quantitative estimate of drug-likeness (QED) is 0.639. The Morgan fingerprint density at radius 2 is 1.93 bits per heavy atom. The molecule has 0 aliphatic carbocycles. The molecule has 1 aromatic rings. The summed E-state index contributed by atoms with van der Waals surface area (Å²) >= 11 is 11.5. The Hall–Kier alpha value is -0.930. The minimum Gasteiger partial charge on any atom is -0.367 e. The molecule has 14 heavy (non-hydrogen) atoms. The van der Waals surface area contributed by atoms with Gasteiger partial charge >= 0.3 is 0 Å². The van der Waals surface area contributed by atoms with Crippen molar-refractivity contribution in [2.24, 2.45) is 5.73 Å². The van der Waals surface area contributed by atoms with E-state index in [0.29, 0.717) is 5.02 Å². The van der Waals surface area contributed by atoms with Gasteiger partial charge in [0.2, 0.25) is 0 Å². The van der Waals surface area contributed by atoms with Crippen LogP contribution in [0.2, 0.25) is 5.02 Å². The first-order valence-corrected chi connectivity index (χ1v) is 4.75. The van der Waals surface area contributed by atoms with Crippen molar-refractivity contribution in [1.82, 2.24) is 0 Å². The molecule has 0 fully saturated rings. The molecule has 0 saturated carbocycles. The molecule has 0 aliphatic rings. The van der Waals surface area contributed by atoms with Crippen molar-refractivity contribution in [3.63, 3.8) is 0 Å². The zero-order valence-corrected chi connectivity index (χ0v) is 9.09. The number of hydrogen-bond donors (Lipinski definition) is 1. The minimum atomic E-state index is -0.851. The number of anilines is 1. The highest BCUT2D eigenvalue weighted by Gasteiger charge is 2.17. The molecule has 1 unspecified atom stereocenters. The Labute approximate surface area is 92.4 Å². The Morgan fingerprint density at radius 1 is 1.43 bits per heavy atom. The van der Waals surface area contributed by atoms with Gasteiger partial charge in [-0.1, -0.05) is 23.2 Å². The fraction of sp³-hybridized carbons (Fsp3) is 0.222. The fourth-order valence-corrected chi connectivity index (χ4v) is 1.24. The normalized spacial score (nSPS) is 12.2. The summed E-state index contributed by atoms with van der Waals surface area (Å²) in [5, 5.41) is 0.632. The minimum absolute atomic E-state index is 0.580. The second kappa shape index (κ2) is 4.53. The van der Waals surface area contributed by atoms with Gasteiger partial charge in [-0.05, 0) is 24.3 Å². The highest BCUT2D eigenvalue weighted by atomic mass is 35.5. The predicted molar refractivity (Wildman–Crippen MR) is 58.7 cm³/mol. The molecule has 0 aromatic heterocycles. The van der Waals surface area contributed by atoms with E-state index in [0.717, 1.165) is 5.69 Å². The monoisotopic (exact) mass is 232 g/mol. The van der Waals surface area contributed by atoms with Gasteiger partial charge < -0.3 is 10.6 Å². The van der Waals surface area contributed by atoms with Crippen molar-refractivity contribution in [3.05, 3.63) is 29.3 Å². The van der Waals surface area contributed by atoms with Crippen LogP contribution < -0.4 is 10.6 Å². The molecule has 0 bridgehead atoms. The number of rotatable bonds is 3. The lowest BCUT2D eigenvalue weighted by atomic mass is 10.3. The molecule has 76 valence electrons. The van der Waals surface area contributed by atoms with Crippen LogP contribution in [0.15, 0.2) is 24.3 Å². The Morgan fingerprint density at radius 3 is 2.36 bits per heavy atom. The first kappa shape index (κ1) is 11.1. The summed E-state index contributed by atoms with van der Waals surface area (Å²) in [7, 11) is 1.69. The second-order valence-corrected chi connectivity index (χ2v) is 3.68. The van der Waals surface area contributed by atoms with Gasteiger partial charge in [-0.25, -0.2) is 0 Å². The number of amides is 1. The van der Waals surface area contributed by atoms with Crippen molar-refractivity contribution in [2.45, 2.75) is 5.50 Å². The summed E-state index contributed by atoms with van der Waals surface area (Å²) in [5.74, 6) is -0.580. The summed E-state index contributed by atoms with van der Waals surface area (Å²) in [6.07, 6.45) is 0. The molecule has 0 saturated heterocycles.